The highest BCUT2D eigenvalue weighted by atomic mass is 31.2. The number of unbranched alkanes of at least 4 members (excludes halogenated alkanes) is 20. The van der Waals surface area contributed by atoms with Crippen LogP contribution in [0.15, 0.2) is 36.5 Å². The highest BCUT2D eigenvalue weighted by Gasteiger charge is 2.25. The summed E-state index contributed by atoms with van der Waals surface area (Å²) in [4.78, 5) is 22.3. The molecule has 0 rings (SSSR count). The molecule has 0 bridgehead atoms. The predicted molar refractivity (Wildman–Crippen MR) is 210 cm³/mol. The Balaban J connectivity index is 3.98. The minimum Gasteiger partial charge on any atom is -0.457 e. The van der Waals surface area contributed by atoms with Crippen molar-refractivity contribution >= 4 is 13.8 Å². The van der Waals surface area contributed by atoms with Gasteiger partial charge in [0, 0.05) is 19.6 Å². The summed E-state index contributed by atoms with van der Waals surface area (Å²) in [6, 6.07) is 0. The molecular formula is C41H78NO7P. The lowest BCUT2D eigenvalue weighted by Gasteiger charge is -2.20. The number of esters is 1. The second kappa shape index (κ2) is 38.9. The third kappa shape index (κ3) is 38.0. The molecule has 0 radical (unpaired) electrons. The second-order valence-corrected chi connectivity index (χ2v) is 15.0. The molecule has 0 aliphatic heterocycles. The molecule has 2 unspecified atom stereocenters. The number of carbonyl (C=O) groups is 1. The van der Waals surface area contributed by atoms with Gasteiger partial charge in [-0.3, -0.25) is 13.8 Å². The zero-order valence-electron chi connectivity index (χ0n) is 32.4. The van der Waals surface area contributed by atoms with Gasteiger partial charge in [0.2, 0.25) is 0 Å². The predicted octanol–water partition coefficient (Wildman–Crippen LogP) is 11.9. The van der Waals surface area contributed by atoms with Crippen LogP contribution in [0.2, 0.25) is 0 Å². The van der Waals surface area contributed by atoms with E-state index < -0.39 is 13.9 Å². The maximum atomic E-state index is 12.5. The van der Waals surface area contributed by atoms with Crippen LogP contribution in [-0.4, -0.2) is 49.9 Å². The molecule has 2 atom stereocenters. The van der Waals surface area contributed by atoms with Gasteiger partial charge in [0.1, 0.15) is 6.10 Å². The van der Waals surface area contributed by atoms with Crippen LogP contribution in [-0.2, 0) is 27.9 Å². The lowest BCUT2D eigenvalue weighted by atomic mass is 10.1. The van der Waals surface area contributed by atoms with Crippen LogP contribution >= 0.6 is 7.82 Å². The lowest BCUT2D eigenvalue weighted by Crippen LogP contribution is -2.28. The Morgan fingerprint density at radius 1 is 0.600 bits per heavy atom. The van der Waals surface area contributed by atoms with Crippen molar-refractivity contribution in [3.63, 3.8) is 0 Å². The van der Waals surface area contributed by atoms with Crippen LogP contribution in [0.25, 0.3) is 0 Å². The van der Waals surface area contributed by atoms with E-state index >= 15 is 0 Å². The Bertz CT molecular complexity index is 864. The molecule has 0 aliphatic rings. The van der Waals surface area contributed by atoms with E-state index in [-0.39, 0.29) is 32.3 Å². The molecule has 0 aromatic carbocycles. The first-order valence-corrected chi connectivity index (χ1v) is 22.0. The zero-order valence-corrected chi connectivity index (χ0v) is 33.3. The molecule has 0 saturated heterocycles. The molecule has 0 aliphatic carbocycles. The normalized spacial score (nSPS) is 13.9. The molecular weight excluding hydrogens is 649 g/mol. The van der Waals surface area contributed by atoms with Crippen molar-refractivity contribution in [2.24, 2.45) is 5.73 Å². The first kappa shape index (κ1) is 48.7. The molecule has 0 spiro atoms. The third-order valence-electron chi connectivity index (χ3n) is 8.56. The number of ether oxygens (including phenoxy) is 2. The minimum absolute atomic E-state index is 0.0972. The first-order chi connectivity index (χ1) is 24.4. The summed E-state index contributed by atoms with van der Waals surface area (Å²) in [7, 11) is -4.27. The standard InChI is InChI=1S/C41H78NO7P/c1-3-5-7-9-11-13-14-15-16-17-18-19-20-21-22-23-24-25-27-29-31-33-36-46-38-40(39-48-50(44,45)47-37-35-42)49-41(43)34-32-30-28-26-12-10-8-6-4-2/h14-15,17-18,20-21,40H,3-13,16,19,22-39,42H2,1-2H3,(H,44,45)/b15-14-,18-17-,21-20-. The smallest absolute Gasteiger partial charge is 0.457 e. The average Bonchev–Trinajstić information content (AvgIpc) is 3.10. The summed E-state index contributed by atoms with van der Waals surface area (Å²) in [5.74, 6) is -0.338. The van der Waals surface area contributed by atoms with Gasteiger partial charge in [-0.15, -0.1) is 0 Å². The van der Waals surface area contributed by atoms with E-state index in [2.05, 4.69) is 50.3 Å². The fraction of sp³-hybridized carbons (Fsp3) is 0.829. The van der Waals surface area contributed by atoms with Gasteiger partial charge >= 0.3 is 13.8 Å². The largest absolute Gasteiger partial charge is 0.472 e. The van der Waals surface area contributed by atoms with E-state index in [0.29, 0.717) is 13.0 Å². The molecule has 9 heteroatoms. The van der Waals surface area contributed by atoms with Crippen molar-refractivity contribution in [3.8, 4) is 0 Å². The Morgan fingerprint density at radius 3 is 1.58 bits per heavy atom. The van der Waals surface area contributed by atoms with E-state index in [4.69, 9.17) is 24.3 Å². The molecule has 0 fully saturated rings. The SMILES string of the molecule is CCCCCCC/C=C\C/C=C\C/C=C\CCCCCCCCCOCC(COP(=O)(O)OCCN)OC(=O)CCCCCCCCCCC. The van der Waals surface area contributed by atoms with E-state index in [1.165, 1.54) is 109 Å². The molecule has 0 amide bonds. The van der Waals surface area contributed by atoms with Gasteiger partial charge in [0.05, 0.1) is 19.8 Å². The maximum absolute atomic E-state index is 12.5. The fourth-order valence-electron chi connectivity index (χ4n) is 5.53. The zero-order chi connectivity index (χ0) is 36.6. The number of phosphoric ester groups is 1. The van der Waals surface area contributed by atoms with Gasteiger partial charge in [0.15, 0.2) is 0 Å². The van der Waals surface area contributed by atoms with Crippen molar-refractivity contribution in [1.29, 1.82) is 0 Å². The Morgan fingerprint density at radius 2 is 1.06 bits per heavy atom. The van der Waals surface area contributed by atoms with Gasteiger partial charge in [-0.05, 0) is 51.4 Å². The van der Waals surface area contributed by atoms with Crippen LogP contribution in [0.1, 0.15) is 181 Å². The molecule has 3 N–H and O–H groups in total. The average molecular weight is 728 g/mol. The van der Waals surface area contributed by atoms with Crippen LogP contribution in [0.3, 0.4) is 0 Å². The Hall–Kier alpha value is -1.28. The minimum atomic E-state index is -4.27. The molecule has 8 nitrogen and oxygen atoms in total. The summed E-state index contributed by atoms with van der Waals surface area (Å²) in [5, 5.41) is 0. The van der Waals surface area contributed by atoms with E-state index in [0.717, 1.165) is 51.4 Å². The number of rotatable bonds is 39. The second-order valence-electron chi connectivity index (χ2n) is 13.5. The fourth-order valence-corrected chi connectivity index (χ4v) is 6.30. The van der Waals surface area contributed by atoms with Gasteiger partial charge in [-0.1, -0.05) is 159 Å². The molecule has 294 valence electrons. The van der Waals surface area contributed by atoms with E-state index in [1.54, 1.807) is 0 Å². The van der Waals surface area contributed by atoms with Gasteiger partial charge in [0.25, 0.3) is 0 Å². The highest BCUT2D eigenvalue weighted by molar-refractivity contribution is 7.47. The van der Waals surface area contributed by atoms with Crippen LogP contribution in [0.5, 0.6) is 0 Å². The summed E-state index contributed by atoms with van der Waals surface area (Å²) >= 11 is 0. The third-order valence-corrected chi connectivity index (χ3v) is 9.54. The summed E-state index contributed by atoms with van der Waals surface area (Å²) < 4.78 is 33.3. The quantitative estimate of drug-likeness (QED) is 0.0278. The monoisotopic (exact) mass is 728 g/mol. The highest BCUT2D eigenvalue weighted by Crippen LogP contribution is 2.43. The number of phosphoric acid groups is 1. The number of hydrogen-bond acceptors (Lipinski definition) is 7. The summed E-state index contributed by atoms with van der Waals surface area (Å²) in [5.41, 5.74) is 5.35. The molecule has 0 heterocycles. The summed E-state index contributed by atoms with van der Waals surface area (Å²) in [6.45, 7) is 4.87. The maximum Gasteiger partial charge on any atom is 0.472 e. The number of nitrogens with two attached hydrogens (primary N) is 1. The Labute approximate surface area is 308 Å². The van der Waals surface area contributed by atoms with Crippen molar-refractivity contribution < 1.29 is 32.8 Å². The Kier molecular flexibility index (Phi) is 37.9. The van der Waals surface area contributed by atoms with Crippen molar-refractivity contribution in [3.05, 3.63) is 36.5 Å². The van der Waals surface area contributed by atoms with Gasteiger partial charge < -0.3 is 20.1 Å². The van der Waals surface area contributed by atoms with Crippen molar-refractivity contribution in [2.75, 3.05) is 33.0 Å². The van der Waals surface area contributed by atoms with E-state index in [9.17, 15) is 14.3 Å². The van der Waals surface area contributed by atoms with Gasteiger partial charge in [-0.25, -0.2) is 4.57 Å². The topological polar surface area (TPSA) is 117 Å². The molecule has 0 aromatic rings. The van der Waals surface area contributed by atoms with Crippen molar-refractivity contribution in [1.82, 2.24) is 0 Å². The molecule has 0 saturated carbocycles. The molecule has 50 heavy (non-hydrogen) atoms. The first-order valence-electron chi connectivity index (χ1n) is 20.5. The summed E-state index contributed by atoms with van der Waals surface area (Å²) in [6.07, 6.45) is 43.1. The van der Waals surface area contributed by atoms with Crippen LogP contribution < -0.4 is 5.73 Å². The van der Waals surface area contributed by atoms with Crippen LogP contribution in [0.4, 0.5) is 0 Å². The van der Waals surface area contributed by atoms with Crippen molar-refractivity contribution in [2.45, 2.75) is 187 Å². The number of allylic oxidation sites excluding steroid dienone is 6. The number of carbonyl (C=O) groups excluding carboxylic acids is 1. The number of hydrogen-bond donors (Lipinski definition) is 2. The van der Waals surface area contributed by atoms with Crippen LogP contribution in [0, 0.1) is 0 Å². The molecule has 0 aromatic heterocycles. The van der Waals surface area contributed by atoms with E-state index in [1.807, 2.05) is 0 Å². The van der Waals surface area contributed by atoms with Gasteiger partial charge in [-0.2, -0.15) is 0 Å². The lowest BCUT2D eigenvalue weighted by molar-refractivity contribution is -0.154.